The molecule has 0 atom stereocenters. The highest BCUT2D eigenvalue weighted by molar-refractivity contribution is 5.57. The van der Waals surface area contributed by atoms with Gasteiger partial charge in [-0.15, -0.1) is 0 Å². The minimum absolute atomic E-state index is 0.478. The maximum atomic E-state index is 8.97. The Labute approximate surface area is 152 Å². The van der Waals surface area contributed by atoms with E-state index in [1.54, 1.807) is 25.4 Å². The minimum atomic E-state index is 0.478. The fourth-order valence-corrected chi connectivity index (χ4v) is 2.48. The van der Waals surface area contributed by atoms with E-state index in [1.807, 2.05) is 36.4 Å². The summed E-state index contributed by atoms with van der Waals surface area (Å²) in [6.07, 6.45) is 2.55. The molecule has 1 heterocycles. The van der Waals surface area contributed by atoms with Gasteiger partial charge in [-0.1, -0.05) is 18.2 Å². The second-order valence-corrected chi connectivity index (χ2v) is 5.61. The Balaban J connectivity index is 1.59. The van der Waals surface area contributed by atoms with Gasteiger partial charge in [-0.3, -0.25) is 0 Å². The Bertz CT molecular complexity index is 920. The van der Waals surface area contributed by atoms with Gasteiger partial charge in [0, 0.05) is 18.4 Å². The van der Waals surface area contributed by atoms with E-state index in [0.717, 1.165) is 30.2 Å². The number of aromatic nitrogens is 2. The maximum Gasteiger partial charge on any atom is 0.229 e. The molecule has 0 saturated heterocycles. The van der Waals surface area contributed by atoms with Gasteiger partial charge in [0.2, 0.25) is 5.95 Å². The smallest absolute Gasteiger partial charge is 0.229 e. The Kier molecular flexibility index (Phi) is 5.63. The Morgan fingerprint density at radius 2 is 2.00 bits per heavy atom. The number of rotatable bonds is 7. The zero-order valence-electron chi connectivity index (χ0n) is 14.4. The number of methoxy groups -OCH3 is 1. The van der Waals surface area contributed by atoms with Gasteiger partial charge in [0.25, 0.3) is 0 Å². The lowest BCUT2D eigenvalue weighted by Gasteiger charge is -2.09. The van der Waals surface area contributed by atoms with E-state index in [4.69, 9.17) is 10.00 Å². The predicted molar refractivity (Wildman–Crippen MR) is 102 cm³/mol. The fraction of sp³-hybridized carbons (Fsp3) is 0.150. The molecule has 3 aromatic rings. The van der Waals surface area contributed by atoms with Gasteiger partial charge < -0.3 is 15.4 Å². The molecule has 0 unspecified atom stereocenters. The van der Waals surface area contributed by atoms with Crippen molar-refractivity contribution in [1.82, 2.24) is 9.97 Å². The molecule has 0 amide bonds. The zero-order valence-corrected chi connectivity index (χ0v) is 14.4. The number of hydrogen-bond acceptors (Lipinski definition) is 6. The molecule has 0 aliphatic rings. The molecule has 3 rings (SSSR count). The first kappa shape index (κ1) is 17.2. The summed E-state index contributed by atoms with van der Waals surface area (Å²) in [5.74, 6) is 2.07. The predicted octanol–water partition coefficient (Wildman–Crippen LogP) is 3.76. The van der Waals surface area contributed by atoms with Crippen LogP contribution in [0.3, 0.4) is 0 Å². The highest BCUT2D eigenvalue weighted by Gasteiger charge is 2.02. The van der Waals surface area contributed by atoms with E-state index in [0.29, 0.717) is 11.5 Å². The van der Waals surface area contributed by atoms with Crippen LogP contribution in [0.15, 0.2) is 60.8 Å². The van der Waals surface area contributed by atoms with Crippen LogP contribution >= 0.6 is 0 Å². The summed E-state index contributed by atoms with van der Waals surface area (Å²) in [6, 6.07) is 19.1. The van der Waals surface area contributed by atoms with Crippen molar-refractivity contribution >= 4 is 17.5 Å². The molecule has 1 aromatic heterocycles. The van der Waals surface area contributed by atoms with Gasteiger partial charge in [-0.2, -0.15) is 10.2 Å². The molecule has 2 N–H and O–H groups in total. The number of ether oxygens (including phenoxy) is 1. The van der Waals surface area contributed by atoms with Crippen molar-refractivity contribution in [3.05, 3.63) is 71.9 Å². The molecule has 26 heavy (non-hydrogen) atoms. The summed E-state index contributed by atoms with van der Waals surface area (Å²) >= 11 is 0. The van der Waals surface area contributed by atoms with Gasteiger partial charge in [-0.25, -0.2) is 4.98 Å². The van der Waals surface area contributed by atoms with Gasteiger partial charge in [0.1, 0.15) is 11.6 Å². The van der Waals surface area contributed by atoms with Crippen LogP contribution in [0.1, 0.15) is 11.1 Å². The van der Waals surface area contributed by atoms with Gasteiger partial charge in [0.15, 0.2) is 0 Å². The molecular formula is C20H19N5O. The average molecular weight is 345 g/mol. The topological polar surface area (TPSA) is 82.9 Å². The molecule has 6 nitrogen and oxygen atoms in total. The third-order valence-electron chi connectivity index (χ3n) is 3.76. The number of benzene rings is 2. The fourth-order valence-electron chi connectivity index (χ4n) is 2.48. The van der Waals surface area contributed by atoms with Gasteiger partial charge in [-0.05, 0) is 48.4 Å². The molecular weight excluding hydrogens is 326 g/mol. The van der Waals surface area contributed by atoms with Crippen molar-refractivity contribution in [2.24, 2.45) is 0 Å². The first-order valence-electron chi connectivity index (χ1n) is 8.24. The Hall–Kier alpha value is -3.59. The molecule has 0 radical (unpaired) electrons. The first-order valence-corrected chi connectivity index (χ1v) is 8.24. The van der Waals surface area contributed by atoms with Crippen LogP contribution in [0.2, 0.25) is 0 Å². The SMILES string of the molecule is COc1cccc(CCNc2ccnc(Nc3cccc(C#N)c3)n2)c1. The van der Waals surface area contributed by atoms with Crippen molar-refractivity contribution in [3.8, 4) is 11.8 Å². The monoisotopic (exact) mass is 345 g/mol. The Morgan fingerprint density at radius 3 is 2.85 bits per heavy atom. The summed E-state index contributed by atoms with van der Waals surface area (Å²) in [5.41, 5.74) is 2.55. The number of nitriles is 1. The second kappa shape index (κ2) is 8.49. The molecule has 0 fully saturated rings. The Morgan fingerprint density at radius 1 is 1.12 bits per heavy atom. The first-order chi connectivity index (χ1) is 12.8. The highest BCUT2D eigenvalue weighted by atomic mass is 16.5. The number of nitrogens with zero attached hydrogens (tertiary/aromatic N) is 3. The van der Waals surface area contributed by atoms with Crippen LogP contribution < -0.4 is 15.4 Å². The normalized spacial score (nSPS) is 10.0. The lowest BCUT2D eigenvalue weighted by molar-refractivity contribution is 0.414. The third kappa shape index (κ3) is 4.71. The number of hydrogen-bond donors (Lipinski definition) is 2. The molecule has 0 bridgehead atoms. The van der Waals surface area contributed by atoms with E-state index < -0.39 is 0 Å². The quantitative estimate of drug-likeness (QED) is 0.678. The van der Waals surface area contributed by atoms with Crippen LogP contribution in [-0.2, 0) is 6.42 Å². The van der Waals surface area contributed by atoms with E-state index in [2.05, 4.69) is 32.7 Å². The summed E-state index contributed by atoms with van der Waals surface area (Å²) < 4.78 is 5.24. The van der Waals surface area contributed by atoms with Crippen molar-refractivity contribution in [2.45, 2.75) is 6.42 Å². The van der Waals surface area contributed by atoms with Crippen LogP contribution in [0, 0.1) is 11.3 Å². The summed E-state index contributed by atoms with van der Waals surface area (Å²) in [5, 5.41) is 15.4. The lowest BCUT2D eigenvalue weighted by atomic mass is 10.1. The average Bonchev–Trinajstić information content (AvgIpc) is 2.68. The summed E-state index contributed by atoms with van der Waals surface area (Å²) in [6.45, 7) is 0.744. The lowest BCUT2D eigenvalue weighted by Crippen LogP contribution is -2.08. The molecule has 0 spiro atoms. The molecule has 0 aliphatic heterocycles. The minimum Gasteiger partial charge on any atom is -0.497 e. The van der Waals surface area contributed by atoms with E-state index in [9.17, 15) is 0 Å². The third-order valence-corrected chi connectivity index (χ3v) is 3.76. The number of nitrogens with one attached hydrogen (secondary N) is 2. The van der Waals surface area contributed by atoms with E-state index in [1.165, 1.54) is 5.56 Å². The van der Waals surface area contributed by atoms with Crippen LogP contribution in [0.5, 0.6) is 5.75 Å². The van der Waals surface area contributed by atoms with Crippen molar-refractivity contribution in [2.75, 3.05) is 24.3 Å². The molecule has 0 saturated carbocycles. The standard InChI is InChI=1S/C20H19N5O/c1-26-18-7-3-4-15(13-18)8-10-22-19-9-11-23-20(25-19)24-17-6-2-5-16(12-17)14-21/h2-7,9,11-13H,8,10H2,1H3,(H2,22,23,24,25). The van der Waals surface area contributed by atoms with Crippen molar-refractivity contribution in [3.63, 3.8) is 0 Å². The van der Waals surface area contributed by atoms with E-state index in [-0.39, 0.29) is 0 Å². The highest BCUT2D eigenvalue weighted by Crippen LogP contribution is 2.16. The molecule has 0 aliphatic carbocycles. The van der Waals surface area contributed by atoms with Crippen LogP contribution in [0.4, 0.5) is 17.5 Å². The largest absolute Gasteiger partial charge is 0.497 e. The van der Waals surface area contributed by atoms with Crippen molar-refractivity contribution in [1.29, 1.82) is 5.26 Å². The maximum absolute atomic E-state index is 8.97. The molecule has 6 heteroatoms. The van der Waals surface area contributed by atoms with Gasteiger partial charge >= 0.3 is 0 Å². The van der Waals surface area contributed by atoms with Crippen LogP contribution in [-0.4, -0.2) is 23.6 Å². The summed E-state index contributed by atoms with van der Waals surface area (Å²) in [4.78, 5) is 8.66. The van der Waals surface area contributed by atoms with Crippen molar-refractivity contribution < 1.29 is 4.74 Å². The van der Waals surface area contributed by atoms with E-state index >= 15 is 0 Å². The molecule has 2 aromatic carbocycles. The summed E-state index contributed by atoms with van der Waals surface area (Å²) in [7, 11) is 1.67. The number of anilines is 3. The van der Waals surface area contributed by atoms with Gasteiger partial charge in [0.05, 0.1) is 18.7 Å². The second-order valence-electron chi connectivity index (χ2n) is 5.61. The zero-order chi connectivity index (χ0) is 18.2. The molecule has 130 valence electrons. The van der Waals surface area contributed by atoms with Crippen LogP contribution in [0.25, 0.3) is 0 Å².